The van der Waals surface area contributed by atoms with E-state index in [2.05, 4.69) is 53.0 Å². The van der Waals surface area contributed by atoms with Crippen molar-refractivity contribution in [3.05, 3.63) is 65.0 Å². The van der Waals surface area contributed by atoms with Crippen molar-refractivity contribution < 1.29 is 9.53 Å². The van der Waals surface area contributed by atoms with Crippen molar-refractivity contribution in [2.45, 2.75) is 29.6 Å². The number of halogens is 1. The zero-order valence-electron chi connectivity index (χ0n) is 19.7. The molecular formula is C25H21BrN8O2S. The monoisotopic (exact) mass is 576 g/mol. The van der Waals surface area contributed by atoms with Gasteiger partial charge in [-0.1, -0.05) is 25.1 Å². The highest BCUT2D eigenvalue weighted by molar-refractivity contribution is 9.10. The SMILES string of the molecule is CCc1[nH]c2nc(Sc3cnc4cccnc4n3)nc(N3CC(NC(=O)Oc4ccccc4)C3)c2c1Br. The number of nitrogens with zero attached hydrogens (tertiary/aromatic N) is 6. The molecule has 0 radical (unpaired) electrons. The summed E-state index contributed by atoms with van der Waals surface area (Å²) in [5.74, 6) is 1.29. The maximum atomic E-state index is 12.3. The Morgan fingerprint density at radius 1 is 1.16 bits per heavy atom. The first-order valence-corrected chi connectivity index (χ1v) is 13.3. The van der Waals surface area contributed by atoms with Crippen molar-refractivity contribution in [1.29, 1.82) is 0 Å². The molecule has 0 bridgehead atoms. The maximum absolute atomic E-state index is 12.3. The predicted octanol–water partition coefficient (Wildman–Crippen LogP) is 4.75. The third-order valence-corrected chi connectivity index (χ3v) is 7.57. The van der Waals surface area contributed by atoms with E-state index in [0.29, 0.717) is 34.7 Å². The first-order chi connectivity index (χ1) is 18.1. The topological polar surface area (TPSA) is 122 Å². The molecule has 12 heteroatoms. The minimum absolute atomic E-state index is 0.0573. The van der Waals surface area contributed by atoms with Crippen molar-refractivity contribution in [1.82, 2.24) is 35.2 Å². The van der Waals surface area contributed by atoms with Crippen LogP contribution in [-0.4, -0.2) is 55.1 Å². The number of hydrogen-bond donors (Lipinski definition) is 2. The molecule has 0 saturated carbocycles. The quantitative estimate of drug-likeness (QED) is 0.276. The van der Waals surface area contributed by atoms with E-state index in [1.807, 2.05) is 30.3 Å². The zero-order chi connectivity index (χ0) is 25.4. The molecule has 0 aliphatic carbocycles. The number of pyridine rings is 1. The first kappa shape index (κ1) is 23.6. The van der Waals surface area contributed by atoms with Crippen LogP contribution in [0.25, 0.3) is 22.2 Å². The summed E-state index contributed by atoms with van der Waals surface area (Å²) in [6.45, 7) is 3.27. The molecule has 1 aliphatic heterocycles. The van der Waals surface area contributed by atoms with Crippen molar-refractivity contribution >= 4 is 61.8 Å². The Morgan fingerprint density at radius 2 is 2.00 bits per heavy atom. The predicted molar refractivity (Wildman–Crippen MR) is 144 cm³/mol. The van der Waals surface area contributed by atoms with Crippen LogP contribution in [0.2, 0.25) is 0 Å². The average molecular weight is 577 g/mol. The highest BCUT2D eigenvalue weighted by Gasteiger charge is 2.32. The van der Waals surface area contributed by atoms with E-state index in [1.165, 1.54) is 11.8 Å². The van der Waals surface area contributed by atoms with Crippen molar-refractivity contribution in [2.75, 3.05) is 18.0 Å². The average Bonchev–Trinajstić information content (AvgIpc) is 3.21. The smallest absolute Gasteiger partial charge is 0.410 e. The Hall–Kier alpha value is -3.77. The Morgan fingerprint density at radius 3 is 2.81 bits per heavy atom. The standard InChI is InChI=1S/C25H21BrN8O2S/c1-2-16-20(26)19-22(30-16)32-24(37-18-11-28-17-9-6-10-27-21(17)31-18)33-23(19)34-12-14(13-34)29-25(35)36-15-7-4-3-5-8-15/h3-11,14H,2,12-13H2,1H3,(H,29,35)(H,30,32,33). The number of amides is 1. The summed E-state index contributed by atoms with van der Waals surface area (Å²) in [6, 6.07) is 12.7. The largest absolute Gasteiger partial charge is 0.412 e. The van der Waals surface area contributed by atoms with E-state index in [1.54, 1.807) is 24.5 Å². The number of ether oxygens (including phenoxy) is 1. The summed E-state index contributed by atoms with van der Waals surface area (Å²) in [6.07, 6.45) is 3.74. The maximum Gasteiger partial charge on any atom is 0.412 e. The van der Waals surface area contributed by atoms with Gasteiger partial charge in [-0.2, -0.15) is 0 Å². The number of carbonyl (C=O) groups excluding carboxylic acids is 1. The van der Waals surface area contributed by atoms with Gasteiger partial charge in [-0.15, -0.1) is 0 Å². The fraction of sp³-hybridized carbons (Fsp3) is 0.200. The van der Waals surface area contributed by atoms with Crippen LogP contribution in [0, 0.1) is 0 Å². The van der Waals surface area contributed by atoms with Gasteiger partial charge >= 0.3 is 6.09 Å². The number of H-pyrrole nitrogens is 1. The van der Waals surface area contributed by atoms with E-state index < -0.39 is 6.09 Å². The number of carbonyl (C=O) groups is 1. The molecule has 0 spiro atoms. The van der Waals surface area contributed by atoms with Crippen LogP contribution in [0.1, 0.15) is 12.6 Å². The highest BCUT2D eigenvalue weighted by atomic mass is 79.9. The molecule has 5 aromatic rings. The molecule has 37 heavy (non-hydrogen) atoms. The van der Waals surface area contributed by atoms with Gasteiger partial charge < -0.3 is 19.9 Å². The molecule has 5 heterocycles. The Kier molecular flexibility index (Phi) is 6.35. The van der Waals surface area contributed by atoms with Crippen LogP contribution in [0.3, 0.4) is 0 Å². The molecular weight excluding hydrogens is 556 g/mol. The summed E-state index contributed by atoms with van der Waals surface area (Å²) in [4.78, 5) is 40.8. The van der Waals surface area contributed by atoms with Crippen molar-refractivity contribution in [3.8, 4) is 5.75 Å². The van der Waals surface area contributed by atoms with Crippen molar-refractivity contribution in [2.24, 2.45) is 0 Å². The number of anilines is 1. The molecule has 1 fully saturated rings. The number of fused-ring (bicyclic) bond motifs is 2. The van der Waals surface area contributed by atoms with Gasteiger partial charge in [0.05, 0.1) is 22.1 Å². The summed E-state index contributed by atoms with van der Waals surface area (Å²) in [5, 5.41) is 5.04. The second-order valence-corrected chi connectivity index (χ2v) is 10.2. The van der Waals surface area contributed by atoms with E-state index >= 15 is 0 Å². The van der Waals surface area contributed by atoms with Gasteiger partial charge in [0, 0.05) is 25.0 Å². The number of aryl methyl sites for hydroxylation is 1. The van der Waals surface area contributed by atoms with Gasteiger partial charge in [0.1, 0.15) is 27.8 Å². The third kappa shape index (κ3) is 4.81. The lowest BCUT2D eigenvalue weighted by Crippen LogP contribution is -2.60. The normalized spacial score (nSPS) is 13.6. The van der Waals surface area contributed by atoms with Crippen LogP contribution < -0.4 is 15.0 Å². The second kappa shape index (κ2) is 9.94. The fourth-order valence-corrected chi connectivity index (χ4v) is 5.54. The summed E-state index contributed by atoms with van der Waals surface area (Å²) in [7, 11) is 0. The zero-order valence-corrected chi connectivity index (χ0v) is 22.1. The lowest BCUT2D eigenvalue weighted by atomic mass is 10.1. The van der Waals surface area contributed by atoms with Crippen LogP contribution in [-0.2, 0) is 6.42 Å². The van der Waals surface area contributed by atoms with E-state index in [-0.39, 0.29) is 6.04 Å². The fourth-order valence-electron chi connectivity index (χ4n) is 4.10. The van der Waals surface area contributed by atoms with Crippen molar-refractivity contribution in [3.63, 3.8) is 0 Å². The van der Waals surface area contributed by atoms with E-state index in [9.17, 15) is 4.79 Å². The number of aromatic nitrogens is 6. The van der Waals surface area contributed by atoms with Gasteiger partial charge in [-0.25, -0.2) is 24.7 Å². The molecule has 1 saturated heterocycles. The molecule has 1 aliphatic rings. The molecule has 10 nitrogen and oxygen atoms in total. The molecule has 0 unspecified atom stereocenters. The number of rotatable bonds is 6. The van der Waals surface area contributed by atoms with Gasteiger partial charge in [0.2, 0.25) is 0 Å². The number of benzene rings is 1. The second-order valence-electron chi connectivity index (χ2n) is 8.43. The molecule has 4 aromatic heterocycles. The van der Waals surface area contributed by atoms with Crippen LogP contribution in [0.5, 0.6) is 5.75 Å². The van der Waals surface area contributed by atoms with Gasteiger partial charge in [-0.3, -0.25) is 4.98 Å². The van der Waals surface area contributed by atoms with Gasteiger partial charge in [0.15, 0.2) is 10.8 Å². The van der Waals surface area contributed by atoms with E-state index in [4.69, 9.17) is 14.7 Å². The lowest BCUT2D eigenvalue weighted by molar-refractivity contribution is 0.193. The minimum Gasteiger partial charge on any atom is -0.410 e. The van der Waals surface area contributed by atoms with Crippen LogP contribution in [0.4, 0.5) is 10.6 Å². The lowest BCUT2D eigenvalue weighted by Gasteiger charge is -2.40. The molecule has 1 amide bonds. The van der Waals surface area contributed by atoms with Crippen LogP contribution in [0.15, 0.2) is 69.5 Å². The van der Waals surface area contributed by atoms with E-state index in [0.717, 1.165) is 39.0 Å². The van der Waals surface area contributed by atoms with Gasteiger partial charge in [0.25, 0.3) is 0 Å². The van der Waals surface area contributed by atoms with Gasteiger partial charge in [-0.05, 0) is 58.4 Å². The minimum atomic E-state index is -0.473. The molecule has 6 rings (SSSR count). The molecule has 0 atom stereocenters. The summed E-state index contributed by atoms with van der Waals surface area (Å²) in [5.41, 5.74) is 3.09. The first-order valence-electron chi connectivity index (χ1n) is 11.7. The Bertz CT molecular complexity index is 1610. The highest BCUT2D eigenvalue weighted by Crippen LogP contribution is 2.38. The summed E-state index contributed by atoms with van der Waals surface area (Å²) >= 11 is 5.06. The number of aromatic amines is 1. The molecule has 1 aromatic carbocycles. The Labute approximate surface area is 224 Å². The number of hydrogen-bond acceptors (Lipinski definition) is 9. The summed E-state index contributed by atoms with van der Waals surface area (Å²) < 4.78 is 6.31. The third-order valence-electron chi connectivity index (χ3n) is 5.93. The molecule has 2 N–H and O–H groups in total. The number of nitrogens with one attached hydrogen (secondary N) is 2. The van der Waals surface area contributed by atoms with Crippen LogP contribution >= 0.6 is 27.7 Å². The molecule has 186 valence electrons. The number of para-hydroxylation sites is 1. The Balaban J connectivity index is 1.24.